The van der Waals surface area contributed by atoms with Gasteiger partial charge in [-0.05, 0) is 24.6 Å². The number of aryl methyl sites for hydroxylation is 1. The topological polar surface area (TPSA) is 50.9 Å². The van der Waals surface area contributed by atoms with Crippen LogP contribution in [0.3, 0.4) is 0 Å². The molecule has 0 aliphatic rings. The number of hydrogen-bond acceptors (Lipinski definition) is 3. The van der Waals surface area contributed by atoms with E-state index in [9.17, 15) is 8.78 Å². The summed E-state index contributed by atoms with van der Waals surface area (Å²) in [4.78, 5) is 3.88. The smallest absolute Gasteiger partial charge is 0.153 e. The highest BCUT2D eigenvalue weighted by Crippen LogP contribution is 2.28. The van der Waals surface area contributed by atoms with Crippen LogP contribution < -0.4 is 11.1 Å². The van der Waals surface area contributed by atoms with Crippen LogP contribution in [0.5, 0.6) is 0 Å². The molecule has 0 aliphatic heterocycles. The molecule has 0 amide bonds. The van der Waals surface area contributed by atoms with Gasteiger partial charge in [-0.15, -0.1) is 0 Å². The number of benzene rings is 1. The molecule has 94 valence electrons. The molecule has 18 heavy (non-hydrogen) atoms. The Morgan fingerprint density at radius 3 is 2.72 bits per heavy atom. The number of rotatable bonds is 2. The Morgan fingerprint density at radius 2 is 2.06 bits per heavy atom. The van der Waals surface area contributed by atoms with Crippen molar-refractivity contribution in [1.82, 2.24) is 4.98 Å². The Labute approximate surface area is 108 Å². The lowest BCUT2D eigenvalue weighted by Gasteiger charge is -2.11. The van der Waals surface area contributed by atoms with Gasteiger partial charge in [-0.3, -0.25) is 0 Å². The van der Waals surface area contributed by atoms with Crippen molar-refractivity contribution in [1.29, 1.82) is 0 Å². The number of anilines is 3. The normalized spacial score (nSPS) is 10.4. The first-order valence-electron chi connectivity index (χ1n) is 5.11. The van der Waals surface area contributed by atoms with Crippen LogP contribution in [0.1, 0.15) is 5.56 Å². The van der Waals surface area contributed by atoms with Crippen molar-refractivity contribution in [3.63, 3.8) is 0 Å². The lowest BCUT2D eigenvalue weighted by Crippen LogP contribution is -2.03. The first-order chi connectivity index (χ1) is 8.49. The van der Waals surface area contributed by atoms with E-state index in [2.05, 4.69) is 10.3 Å². The summed E-state index contributed by atoms with van der Waals surface area (Å²) in [5, 5.41) is 2.88. The number of aromatic nitrogens is 1. The van der Waals surface area contributed by atoms with Crippen LogP contribution >= 0.6 is 11.6 Å². The first kappa shape index (κ1) is 12.6. The third-order valence-corrected chi connectivity index (χ3v) is 2.62. The molecule has 0 atom stereocenters. The Kier molecular flexibility index (Phi) is 3.34. The Bertz CT molecular complexity index is 602. The molecule has 0 bridgehead atoms. The van der Waals surface area contributed by atoms with Gasteiger partial charge in [0, 0.05) is 6.20 Å². The largest absolute Gasteiger partial charge is 0.396 e. The molecule has 2 rings (SSSR count). The van der Waals surface area contributed by atoms with E-state index in [0.717, 1.165) is 0 Å². The molecule has 3 nitrogen and oxygen atoms in total. The molecule has 0 unspecified atom stereocenters. The van der Waals surface area contributed by atoms with Crippen molar-refractivity contribution in [3.8, 4) is 0 Å². The first-order valence-corrected chi connectivity index (χ1v) is 5.49. The molecule has 1 aromatic carbocycles. The van der Waals surface area contributed by atoms with E-state index < -0.39 is 11.6 Å². The molecule has 0 radical (unpaired) electrons. The fraction of sp³-hybridized carbons (Fsp3) is 0.0833. The number of nitrogens with zero attached hydrogens (tertiary/aromatic N) is 1. The number of halogens is 3. The molecule has 0 aliphatic carbocycles. The maximum Gasteiger partial charge on any atom is 0.153 e. The fourth-order valence-corrected chi connectivity index (χ4v) is 1.62. The summed E-state index contributed by atoms with van der Waals surface area (Å²) in [5.41, 5.74) is 5.91. The van der Waals surface area contributed by atoms with Crippen molar-refractivity contribution < 1.29 is 8.78 Å². The minimum Gasteiger partial charge on any atom is -0.396 e. The molecule has 0 spiro atoms. The summed E-state index contributed by atoms with van der Waals surface area (Å²) < 4.78 is 27.3. The van der Waals surface area contributed by atoms with Crippen LogP contribution in [0.25, 0.3) is 0 Å². The molecule has 0 saturated heterocycles. The van der Waals surface area contributed by atoms with E-state index in [1.807, 2.05) is 0 Å². The quantitative estimate of drug-likeness (QED) is 0.875. The molecule has 6 heteroatoms. The summed E-state index contributed by atoms with van der Waals surface area (Å²) in [5.74, 6) is -1.23. The van der Waals surface area contributed by atoms with Gasteiger partial charge in [-0.25, -0.2) is 13.8 Å². The van der Waals surface area contributed by atoms with Crippen molar-refractivity contribution in [2.24, 2.45) is 0 Å². The van der Waals surface area contributed by atoms with Crippen LogP contribution in [-0.2, 0) is 0 Å². The third kappa shape index (κ3) is 2.36. The van der Waals surface area contributed by atoms with Gasteiger partial charge in [0.15, 0.2) is 11.6 Å². The van der Waals surface area contributed by atoms with Gasteiger partial charge in [0.2, 0.25) is 0 Å². The predicted molar refractivity (Wildman–Crippen MR) is 68.0 cm³/mol. The molecule has 0 fully saturated rings. The summed E-state index contributed by atoms with van der Waals surface area (Å²) in [7, 11) is 0. The Morgan fingerprint density at radius 1 is 1.33 bits per heavy atom. The average molecular weight is 270 g/mol. The number of nitrogens with two attached hydrogens (primary N) is 1. The van der Waals surface area contributed by atoms with Gasteiger partial charge < -0.3 is 11.1 Å². The van der Waals surface area contributed by atoms with Gasteiger partial charge >= 0.3 is 0 Å². The second-order valence-electron chi connectivity index (χ2n) is 3.77. The molecule has 1 aromatic heterocycles. The maximum atomic E-state index is 13.8. The highest BCUT2D eigenvalue weighted by atomic mass is 35.5. The monoisotopic (exact) mass is 269 g/mol. The number of nitrogen functional groups attached to an aromatic ring is 1. The summed E-state index contributed by atoms with van der Waals surface area (Å²) >= 11 is 5.69. The minimum atomic E-state index is -0.714. The van der Waals surface area contributed by atoms with Crippen LogP contribution in [0, 0.1) is 18.6 Å². The summed E-state index contributed by atoms with van der Waals surface area (Å²) in [6.07, 6.45) is 1.34. The number of pyridine rings is 1. The van der Waals surface area contributed by atoms with Crippen molar-refractivity contribution in [2.45, 2.75) is 6.92 Å². The Hall–Kier alpha value is -1.88. The highest BCUT2D eigenvalue weighted by molar-refractivity contribution is 6.30. The highest BCUT2D eigenvalue weighted by Gasteiger charge is 2.13. The zero-order valence-electron chi connectivity index (χ0n) is 9.47. The van der Waals surface area contributed by atoms with Crippen LogP contribution in [-0.4, -0.2) is 4.98 Å². The average Bonchev–Trinajstić information content (AvgIpc) is 2.32. The van der Waals surface area contributed by atoms with Gasteiger partial charge in [0.05, 0.1) is 10.7 Å². The van der Waals surface area contributed by atoms with Gasteiger partial charge in [-0.1, -0.05) is 17.7 Å². The second kappa shape index (κ2) is 4.78. The van der Waals surface area contributed by atoms with E-state index >= 15 is 0 Å². The fourth-order valence-electron chi connectivity index (χ4n) is 1.45. The molecular formula is C12H10ClF2N3. The van der Waals surface area contributed by atoms with Crippen molar-refractivity contribution in [2.75, 3.05) is 11.1 Å². The standard InChI is InChI=1S/C12H10ClF2N3/c1-6-2-3-8(14)11(10(6)15)18-12-9(16)4-7(13)5-17-12/h2-5H,16H2,1H3,(H,17,18). The van der Waals surface area contributed by atoms with Crippen LogP contribution in [0.4, 0.5) is 26.0 Å². The SMILES string of the molecule is Cc1ccc(F)c(Nc2ncc(Cl)cc2N)c1F. The van der Waals surface area contributed by atoms with E-state index in [1.54, 1.807) is 6.92 Å². The Balaban J connectivity index is 2.43. The zero-order valence-corrected chi connectivity index (χ0v) is 10.2. The van der Waals surface area contributed by atoms with Crippen molar-refractivity contribution in [3.05, 3.63) is 46.6 Å². The van der Waals surface area contributed by atoms with Gasteiger partial charge in [-0.2, -0.15) is 0 Å². The van der Waals surface area contributed by atoms with E-state index in [4.69, 9.17) is 17.3 Å². The van der Waals surface area contributed by atoms with Crippen molar-refractivity contribution >= 4 is 28.8 Å². The molecule has 2 aromatic rings. The molecular weight excluding hydrogens is 260 g/mol. The number of hydrogen-bond donors (Lipinski definition) is 2. The summed E-state index contributed by atoms with van der Waals surface area (Å²) in [6.45, 7) is 1.54. The zero-order chi connectivity index (χ0) is 13.3. The lowest BCUT2D eigenvalue weighted by atomic mass is 10.2. The van der Waals surface area contributed by atoms with E-state index in [-0.39, 0.29) is 17.2 Å². The van der Waals surface area contributed by atoms with Gasteiger partial charge in [0.25, 0.3) is 0 Å². The van der Waals surface area contributed by atoms with Crippen LogP contribution in [0.2, 0.25) is 5.02 Å². The molecule has 1 heterocycles. The lowest BCUT2D eigenvalue weighted by molar-refractivity contribution is 0.585. The van der Waals surface area contributed by atoms with E-state index in [0.29, 0.717) is 10.6 Å². The van der Waals surface area contributed by atoms with E-state index in [1.165, 1.54) is 24.4 Å². The second-order valence-corrected chi connectivity index (χ2v) is 4.21. The minimum absolute atomic E-state index is 0.155. The number of nitrogens with one attached hydrogen (secondary N) is 1. The maximum absolute atomic E-state index is 13.8. The third-order valence-electron chi connectivity index (χ3n) is 2.41. The predicted octanol–water partition coefficient (Wildman–Crippen LogP) is 3.65. The summed E-state index contributed by atoms with van der Waals surface area (Å²) in [6, 6.07) is 3.98. The van der Waals surface area contributed by atoms with Crippen LogP contribution in [0.15, 0.2) is 24.4 Å². The van der Waals surface area contributed by atoms with Gasteiger partial charge in [0.1, 0.15) is 11.5 Å². The molecule has 0 saturated carbocycles. The molecule has 3 N–H and O–H groups in total.